The molecule has 2 aliphatic heterocycles. The van der Waals surface area contributed by atoms with Crippen molar-refractivity contribution in [3.05, 3.63) is 89.2 Å². The summed E-state index contributed by atoms with van der Waals surface area (Å²) >= 11 is 0. The second kappa shape index (κ2) is 8.76. The van der Waals surface area contributed by atoms with Gasteiger partial charge in [0.05, 0.1) is 16.3 Å². The van der Waals surface area contributed by atoms with Gasteiger partial charge in [-0.25, -0.2) is 12.8 Å². The van der Waals surface area contributed by atoms with E-state index in [-0.39, 0.29) is 16.6 Å². The minimum Gasteiger partial charge on any atom is -0.366 e. The van der Waals surface area contributed by atoms with Crippen LogP contribution >= 0.6 is 0 Å². The fourth-order valence-corrected chi connectivity index (χ4v) is 6.14. The minimum atomic E-state index is -3.66. The number of fused-ring (bicyclic) bond motifs is 1. The number of aryl methyl sites for hydroxylation is 1. The van der Waals surface area contributed by atoms with Gasteiger partial charge in [-0.2, -0.15) is 0 Å². The first-order valence-corrected chi connectivity index (χ1v) is 12.8. The maximum Gasteiger partial charge on any atom is 0.264 e. The summed E-state index contributed by atoms with van der Waals surface area (Å²) in [5.41, 5.74) is 3.58. The molecular weight excluding hydrogens is 453 g/mol. The number of rotatable bonds is 4. The zero-order chi connectivity index (χ0) is 23.9. The summed E-state index contributed by atoms with van der Waals surface area (Å²) in [6.07, 6.45) is 0.558. The molecule has 2 heterocycles. The fourth-order valence-electron chi connectivity index (χ4n) is 4.63. The maximum absolute atomic E-state index is 14.1. The number of amides is 1. The largest absolute Gasteiger partial charge is 0.366 e. The molecule has 6 nitrogen and oxygen atoms in total. The van der Waals surface area contributed by atoms with Gasteiger partial charge in [-0.1, -0.05) is 29.8 Å². The summed E-state index contributed by atoms with van der Waals surface area (Å²) in [4.78, 5) is 17.1. The van der Waals surface area contributed by atoms with Crippen LogP contribution in [0.2, 0.25) is 0 Å². The molecule has 1 fully saturated rings. The van der Waals surface area contributed by atoms with Gasteiger partial charge < -0.3 is 9.80 Å². The summed E-state index contributed by atoms with van der Waals surface area (Å²) in [7, 11) is -3.66. The summed E-state index contributed by atoms with van der Waals surface area (Å²) in [5.74, 6) is -0.345. The standard InChI is InChI=1S/C26H26FN3O3S/c1-19-6-9-22(10-7-19)34(32,33)30-13-12-20-18-21(8-11-24(20)30)26(31)29-16-14-28(15-17-29)25-5-3-2-4-23(25)27/h2-11,18H,12-17H2,1H3. The number of carbonyl (C=O) groups excluding carboxylic acids is 1. The Hall–Kier alpha value is -3.39. The molecule has 3 aromatic rings. The predicted octanol–water partition coefficient (Wildman–Crippen LogP) is 3.85. The Kier molecular flexibility index (Phi) is 5.77. The van der Waals surface area contributed by atoms with Gasteiger partial charge in [-0.05, 0) is 61.4 Å². The number of hydrogen-bond donors (Lipinski definition) is 0. The van der Waals surface area contributed by atoms with Crippen molar-refractivity contribution in [3.63, 3.8) is 0 Å². The monoisotopic (exact) mass is 479 g/mol. The molecule has 176 valence electrons. The van der Waals surface area contributed by atoms with Crippen LogP contribution in [0.25, 0.3) is 0 Å². The molecule has 34 heavy (non-hydrogen) atoms. The van der Waals surface area contributed by atoms with Gasteiger partial charge in [-0.15, -0.1) is 0 Å². The average molecular weight is 480 g/mol. The molecule has 3 aromatic carbocycles. The van der Waals surface area contributed by atoms with Crippen LogP contribution in [0.1, 0.15) is 21.5 Å². The third-order valence-electron chi connectivity index (χ3n) is 6.55. The molecule has 0 aromatic heterocycles. The lowest BCUT2D eigenvalue weighted by Gasteiger charge is -2.36. The van der Waals surface area contributed by atoms with E-state index in [1.165, 1.54) is 10.4 Å². The number of halogens is 1. The van der Waals surface area contributed by atoms with E-state index in [4.69, 9.17) is 0 Å². The molecule has 2 aliphatic rings. The first-order valence-electron chi connectivity index (χ1n) is 11.4. The Balaban J connectivity index is 1.30. The summed E-state index contributed by atoms with van der Waals surface area (Å²) in [6.45, 7) is 4.38. The van der Waals surface area contributed by atoms with Crippen LogP contribution in [-0.4, -0.2) is 51.9 Å². The molecule has 0 spiro atoms. The van der Waals surface area contributed by atoms with E-state index in [0.717, 1.165) is 11.1 Å². The molecule has 0 radical (unpaired) electrons. The van der Waals surface area contributed by atoms with Gasteiger partial charge >= 0.3 is 0 Å². The molecule has 8 heteroatoms. The molecule has 1 amide bonds. The lowest BCUT2D eigenvalue weighted by atomic mass is 10.1. The van der Waals surface area contributed by atoms with Crippen LogP contribution in [-0.2, 0) is 16.4 Å². The molecule has 0 unspecified atom stereocenters. The first kappa shape index (κ1) is 22.4. The van der Waals surface area contributed by atoms with E-state index < -0.39 is 10.0 Å². The van der Waals surface area contributed by atoms with Crippen molar-refractivity contribution in [2.45, 2.75) is 18.2 Å². The Labute approximate surface area is 199 Å². The highest BCUT2D eigenvalue weighted by molar-refractivity contribution is 7.92. The zero-order valence-electron chi connectivity index (χ0n) is 18.9. The number of sulfonamides is 1. The average Bonchev–Trinajstić information content (AvgIpc) is 3.28. The number of hydrogen-bond acceptors (Lipinski definition) is 4. The van der Waals surface area contributed by atoms with E-state index >= 15 is 0 Å². The summed E-state index contributed by atoms with van der Waals surface area (Å²) in [6, 6.07) is 18.7. The number of benzene rings is 3. The van der Waals surface area contributed by atoms with Gasteiger partial charge in [0.2, 0.25) is 0 Å². The van der Waals surface area contributed by atoms with E-state index in [1.54, 1.807) is 53.4 Å². The Bertz CT molecular complexity index is 1330. The van der Waals surface area contributed by atoms with Crippen LogP contribution in [0.5, 0.6) is 0 Å². The third kappa shape index (κ3) is 4.03. The van der Waals surface area contributed by atoms with Crippen molar-refractivity contribution in [2.75, 3.05) is 41.9 Å². The predicted molar refractivity (Wildman–Crippen MR) is 130 cm³/mol. The zero-order valence-corrected chi connectivity index (χ0v) is 19.8. The molecular formula is C26H26FN3O3S. The van der Waals surface area contributed by atoms with Crippen LogP contribution in [0.4, 0.5) is 15.8 Å². The highest BCUT2D eigenvalue weighted by Gasteiger charge is 2.32. The van der Waals surface area contributed by atoms with E-state index in [2.05, 4.69) is 0 Å². The Morgan fingerprint density at radius 2 is 1.56 bits per heavy atom. The highest BCUT2D eigenvalue weighted by atomic mass is 32.2. The first-order chi connectivity index (χ1) is 16.3. The molecule has 0 saturated carbocycles. The SMILES string of the molecule is Cc1ccc(S(=O)(=O)N2CCc3cc(C(=O)N4CCN(c5ccccc5F)CC4)ccc32)cc1. The molecule has 0 bridgehead atoms. The number of nitrogens with zero attached hydrogens (tertiary/aromatic N) is 3. The lowest BCUT2D eigenvalue weighted by Crippen LogP contribution is -2.49. The number of anilines is 2. The normalized spacial score (nSPS) is 16.0. The van der Waals surface area contributed by atoms with Crippen LogP contribution < -0.4 is 9.21 Å². The van der Waals surface area contributed by atoms with E-state index in [0.29, 0.717) is 56.1 Å². The smallest absolute Gasteiger partial charge is 0.264 e. The van der Waals surface area contributed by atoms with Gasteiger partial charge in [0.25, 0.3) is 15.9 Å². The third-order valence-corrected chi connectivity index (χ3v) is 8.38. The fraction of sp³-hybridized carbons (Fsp3) is 0.269. The second-order valence-electron chi connectivity index (χ2n) is 8.71. The van der Waals surface area contributed by atoms with Crippen LogP contribution in [0.15, 0.2) is 71.6 Å². The van der Waals surface area contributed by atoms with Crippen molar-refractivity contribution >= 4 is 27.3 Å². The number of carbonyl (C=O) groups is 1. The molecule has 0 atom stereocenters. The van der Waals surface area contributed by atoms with Crippen LogP contribution in [0, 0.1) is 12.7 Å². The van der Waals surface area contributed by atoms with Crippen molar-refractivity contribution in [2.24, 2.45) is 0 Å². The van der Waals surface area contributed by atoms with Gasteiger partial charge in [-0.3, -0.25) is 9.10 Å². The molecule has 0 N–H and O–H groups in total. The van der Waals surface area contributed by atoms with E-state index in [9.17, 15) is 17.6 Å². The lowest BCUT2D eigenvalue weighted by molar-refractivity contribution is 0.0746. The highest BCUT2D eigenvalue weighted by Crippen LogP contribution is 2.34. The Morgan fingerprint density at radius 3 is 2.26 bits per heavy atom. The molecule has 1 saturated heterocycles. The van der Waals surface area contributed by atoms with Crippen molar-refractivity contribution in [1.82, 2.24) is 4.90 Å². The molecule has 0 aliphatic carbocycles. The number of piperazine rings is 1. The maximum atomic E-state index is 14.1. The van der Waals surface area contributed by atoms with Gasteiger partial charge in [0.1, 0.15) is 5.82 Å². The van der Waals surface area contributed by atoms with Gasteiger partial charge in [0.15, 0.2) is 0 Å². The topological polar surface area (TPSA) is 60.9 Å². The summed E-state index contributed by atoms with van der Waals surface area (Å²) in [5, 5.41) is 0. The Morgan fingerprint density at radius 1 is 0.853 bits per heavy atom. The van der Waals surface area contributed by atoms with Gasteiger partial charge in [0, 0.05) is 38.3 Å². The second-order valence-corrected chi connectivity index (χ2v) is 10.6. The van der Waals surface area contributed by atoms with Crippen molar-refractivity contribution in [1.29, 1.82) is 0 Å². The van der Waals surface area contributed by atoms with E-state index in [1.807, 2.05) is 24.0 Å². The minimum absolute atomic E-state index is 0.0872. The van der Waals surface area contributed by atoms with Crippen molar-refractivity contribution < 1.29 is 17.6 Å². The van der Waals surface area contributed by atoms with Crippen LogP contribution in [0.3, 0.4) is 0 Å². The summed E-state index contributed by atoms with van der Waals surface area (Å²) < 4.78 is 41.9. The number of para-hydroxylation sites is 1. The quantitative estimate of drug-likeness (QED) is 0.571. The van der Waals surface area contributed by atoms with Crippen molar-refractivity contribution in [3.8, 4) is 0 Å². The molecule has 5 rings (SSSR count).